The summed E-state index contributed by atoms with van der Waals surface area (Å²) in [6.45, 7) is 0.179. The molecule has 0 radical (unpaired) electrons. The van der Waals surface area contributed by atoms with E-state index in [1.165, 1.54) is 29.1 Å². The fourth-order valence-electron chi connectivity index (χ4n) is 2.50. The van der Waals surface area contributed by atoms with Crippen molar-refractivity contribution in [3.05, 3.63) is 62.7 Å². The third-order valence-corrected chi connectivity index (χ3v) is 4.68. The molecule has 3 aromatic rings. The van der Waals surface area contributed by atoms with Crippen molar-refractivity contribution in [3.8, 4) is 0 Å². The number of carbonyl (C=O) groups excluding carboxylic acids is 1. The number of nitrogens with one attached hydrogen (secondary N) is 1. The zero-order valence-electron chi connectivity index (χ0n) is 14.1. The Hall–Kier alpha value is -2.40. The quantitative estimate of drug-likeness (QED) is 0.560. The Morgan fingerprint density at radius 2 is 2.04 bits per heavy atom. The van der Waals surface area contributed by atoms with Crippen molar-refractivity contribution in [2.24, 2.45) is 7.05 Å². The molecule has 0 saturated carbocycles. The monoisotopic (exact) mass is 479 g/mol. The molecule has 3 rings (SSSR count). The zero-order chi connectivity index (χ0) is 20.6. The average Bonchev–Trinajstić information content (AvgIpc) is 3.06. The predicted molar refractivity (Wildman–Crippen MR) is 96.6 cm³/mol. The maximum Gasteiger partial charge on any atom is 0.434 e. The number of aryl methyl sites for hydroxylation is 1. The van der Waals surface area contributed by atoms with Gasteiger partial charge in [0.2, 0.25) is 0 Å². The van der Waals surface area contributed by atoms with Gasteiger partial charge in [0, 0.05) is 13.2 Å². The van der Waals surface area contributed by atoms with E-state index < -0.39 is 33.8 Å². The highest BCUT2D eigenvalue weighted by Gasteiger charge is 2.39. The summed E-state index contributed by atoms with van der Waals surface area (Å²) in [7, 11) is 1.07. The lowest BCUT2D eigenvalue weighted by atomic mass is 10.2. The second-order valence-corrected chi connectivity index (χ2v) is 6.94. The van der Waals surface area contributed by atoms with E-state index in [-0.39, 0.29) is 17.4 Å². The minimum atomic E-state index is -4.69. The van der Waals surface area contributed by atoms with Crippen LogP contribution in [0.2, 0.25) is 5.02 Å². The minimum Gasteiger partial charge on any atom is -0.302 e. The molecule has 0 bridgehead atoms. The molecule has 0 aliphatic carbocycles. The van der Waals surface area contributed by atoms with Crippen LogP contribution in [0.4, 0.5) is 23.4 Å². The van der Waals surface area contributed by atoms with Gasteiger partial charge in [-0.05, 0) is 33.6 Å². The Bertz CT molecular complexity index is 1050. The summed E-state index contributed by atoms with van der Waals surface area (Å²) in [5.74, 6) is -1.39. The molecule has 1 amide bonds. The first-order valence-corrected chi connectivity index (χ1v) is 8.82. The normalized spacial score (nSPS) is 11.7. The maximum atomic E-state index is 13.3. The van der Waals surface area contributed by atoms with Crippen LogP contribution in [0.15, 0.2) is 34.9 Å². The van der Waals surface area contributed by atoms with Gasteiger partial charge in [-0.3, -0.25) is 14.2 Å². The molecule has 6 nitrogen and oxygen atoms in total. The molecule has 2 heterocycles. The number of alkyl halides is 3. The number of anilines is 1. The smallest absolute Gasteiger partial charge is 0.302 e. The van der Waals surface area contributed by atoms with Gasteiger partial charge < -0.3 is 5.32 Å². The van der Waals surface area contributed by atoms with Gasteiger partial charge in [-0.2, -0.15) is 23.4 Å². The largest absolute Gasteiger partial charge is 0.434 e. The third kappa shape index (κ3) is 4.20. The van der Waals surface area contributed by atoms with Crippen LogP contribution in [-0.2, 0) is 19.8 Å². The number of aromatic nitrogens is 4. The summed E-state index contributed by atoms with van der Waals surface area (Å²) in [4.78, 5) is 12.4. The van der Waals surface area contributed by atoms with Crippen LogP contribution in [-0.4, -0.2) is 25.5 Å². The number of benzene rings is 1. The van der Waals surface area contributed by atoms with Gasteiger partial charge in [0.15, 0.2) is 17.2 Å². The summed E-state index contributed by atoms with van der Waals surface area (Å²) in [5.41, 5.74) is -0.953. The molecule has 0 aliphatic heterocycles. The van der Waals surface area contributed by atoms with Crippen LogP contribution < -0.4 is 5.32 Å². The minimum absolute atomic E-state index is 0.0609. The van der Waals surface area contributed by atoms with Crippen LogP contribution in [0.3, 0.4) is 0 Å². The molecule has 0 spiro atoms. The lowest BCUT2D eigenvalue weighted by Gasteiger charge is -2.06. The molecule has 2 aromatic heterocycles. The van der Waals surface area contributed by atoms with E-state index in [2.05, 4.69) is 31.4 Å². The number of hydrogen-bond acceptors (Lipinski definition) is 3. The topological polar surface area (TPSA) is 64.7 Å². The van der Waals surface area contributed by atoms with Crippen molar-refractivity contribution in [1.29, 1.82) is 0 Å². The van der Waals surface area contributed by atoms with Gasteiger partial charge in [-0.1, -0.05) is 23.7 Å². The first-order chi connectivity index (χ1) is 13.1. The first-order valence-electron chi connectivity index (χ1n) is 7.64. The molecule has 12 heteroatoms. The predicted octanol–water partition coefficient (Wildman–Crippen LogP) is 4.49. The second kappa shape index (κ2) is 7.55. The average molecular weight is 481 g/mol. The van der Waals surface area contributed by atoms with Crippen LogP contribution in [0.1, 0.15) is 21.7 Å². The molecule has 1 N–H and O–H groups in total. The summed E-state index contributed by atoms with van der Waals surface area (Å²) in [5, 5.41) is 10.1. The Morgan fingerprint density at radius 1 is 1.32 bits per heavy atom. The summed E-state index contributed by atoms with van der Waals surface area (Å²) >= 11 is 8.80. The van der Waals surface area contributed by atoms with Gasteiger partial charge >= 0.3 is 6.18 Å². The summed E-state index contributed by atoms with van der Waals surface area (Å²) in [6, 6.07) is 5.83. The van der Waals surface area contributed by atoms with E-state index in [0.29, 0.717) is 10.2 Å². The Balaban J connectivity index is 1.81. The number of nitrogens with zero attached hydrogens (tertiary/aromatic N) is 4. The van der Waals surface area contributed by atoms with Crippen LogP contribution in [0, 0.1) is 5.82 Å². The molecule has 28 heavy (non-hydrogen) atoms. The lowest BCUT2D eigenvalue weighted by molar-refractivity contribution is -0.144. The van der Waals surface area contributed by atoms with Crippen molar-refractivity contribution < 1.29 is 22.4 Å². The van der Waals surface area contributed by atoms with Crippen LogP contribution in [0.25, 0.3) is 0 Å². The number of carbonyl (C=O) groups is 1. The molecular weight excluding hydrogens is 470 g/mol. The van der Waals surface area contributed by atoms with E-state index in [4.69, 9.17) is 11.6 Å². The highest BCUT2D eigenvalue weighted by Crippen LogP contribution is 2.36. The van der Waals surface area contributed by atoms with E-state index in [0.717, 1.165) is 7.05 Å². The number of rotatable bonds is 4. The van der Waals surface area contributed by atoms with Crippen molar-refractivity contribution in [2.75, 3.05) is 5.32 Å². The first kappa shape index (κ1) is 20.3. The van der Waals surface area contributed by atoms with Gasteiger partial charge in [0.1, 0.15) is 10.8 Å². The highest BCUT2D eigenvalue weighted by molar-refractivity contribution is 9.10. The molecule has 0 saturated heterocycles. The number of halogens is 6. The molecule has 0 unspecified atom stereocenters. The van der Waals surface area contributed by atoms with Gasteiger partial charge in [0.05, 0.1) is 11.0 Å². The van der Waals surface area contributed by atoms with Crippen molar-refractivity contribution >= 4 is 39.3 Å². The van der Waals surface area contributed by atoms with Crippen molar-refractivity contribution in [2.45, 2.75) is 12.7 Å². The Labute approximate surface area is 169 Å². The van der Waals surface area contributed by atoms with E-state index in [9.17, 15) is 22.4 Å². The molecule has 1 aromatic carbocycles. The Kier molecular flexibility index (Phi) is 5.48. The lowest BCUT2D eigenvalue weighted by Crippen LogP contribution is -2.14. The van der Waals surface area contributed by atoms with Crippen molar-refractivity contribution in [3.63, 3.8) is 0 Å². The van der Waals surface area contributed by atoms with E-state index in [1.807, 2.05) is 0 Å². The third-order valence-electron chi connectivity index (χ3n) is 3.66. The van der Waals surface area contributed by atoms with E-state index >= 15 is 0 Å². The molecule has 0 atom stereocenters. The van der Waals surface area contributed by atoms with Crippen molar-refractivity contribution in [1.82, 2.24) is 19.6 Å². The second-order valence-electron chi connectivity index (χ2n) is 5.74. The van der Waals surface area contributed by atoms with Gasteiger partial charge in [-0.15, -0.1) is 0 Å². The zero-order valence-corrected chi connectivity index (χ0v) is 16.4. The summed E-state index contributed by atoms with van der Waals surface area (Å²) in [6.07, 6.45) is -3.29. The molecule has 0 fully saturated rings. The maximum absolute atomic E-state index is 13.3. The standard InChI is InChI=1S/C16H11BrClF4N5O/c1-26-13(16(20,21)22)11(17)12(24-26)15(28)23-14-10(18)7-27(25-14)6-8-3-2-4-9(19)5-8/h2-5,7H,6H2,1H3,(H,23,25,28). The van der Waals surface area contributed by atoms with Crippen LogP contribution in [0.5, 0.6) is 0 Å². The fourth-order valence-corrected chi connectivity index (χ4v) is 3.44. The van der Waals surface area contributed by atoms with Crippen LogP contribution >= 0.6 is 27.5 Å². The molecule has 148 valence electrons. The number of hydrogen-bond donors (Lipinski definition) is 1. The van der Waals surface area contributed by atoms with Gasteiger partial charge in [-0.25, -0.2) is 4.39 Å². The fraction of sp³-hybridized carbons (Fsp3) is 0.188. The summed E-state index contributed by atoms with van der Waals surface area (Å²) < 4.78 is 53.8. The van der Waals surface area contributed by atoms with E-state index in [1.54, 1.807) is 6.07 Å². The van der Waals surface area contributed by atoms with Gasteiger partial charge in [0.25, 0.3) is 5.91 Å². The number of amides is 1. The molecular formula is C16H11BrClF4N5O. The Morgan fingerprint density at radius 3 is 2.64 bits per heavy atom. The molecule has 0 aliphatic rings. The SMILES string of the molecule is Cn1nc(C(=O)Nc2nn(Cc3cccc(F)c3)cc2Cl)c(Br)c1C(F)(F)F. The highest BCUT2D eigenvalue weighted by atomic mass is 79.9.